The van der Waals surface area contributed by atoms with Crippen molar-refractivity contribution in [2.45, 2.75) is 30.9 Å². The largest absolute Gasteiger partial charge is 0.373 e. The van der Waals surface area contributed by atoms with Gasteiger partial charge in [-0.05, 0) is 32.4 Å². The number of rotatable bonds is 0. The minimum absolute atomic E-state index is 0.157. The Morgan fingerprint density at radius 2 is 2.09 bits per heavy atom. The van der Waals surface area contributed by atoms with Crippen LogP contribution in [0.4, 0.5) is 0 Å². The number of piperidine rings is 1. The molecule has 11 heavy (non-hydrogen) atoms. The summed E-state index contributed by atoms with van der Waals surface area (Å²) in [6, 6.07) is 0.285. The Bertz CT molecular complexity index is 138. The summed E-state index contributed by atoms with van der Waals surface area (Å²) >= 11 is 0. The van der Waals surface area contributed by atoms with Crippen molar-refractivity contribution < 1.29 is 4.74 Å². The molecule has 0 bridgehead atoms. The van der Waals surface area contributed by atoms with Crippen molar-refractivity contribution >= 4 is 0 Å². The monoisotopic (exact) mass is 156 g/mol. The molecule has 0 aromatic carbocycles. The third kappa shape index (κ3) is 1.41. The summed E-state index contributed by atoms with van der Waals surface area (Å²) in [5, 5.41) is 3.33. The Hall–Kier alpha value is -0.120. The van der Waals surface area contributed by atoms with Gasteiger partial charge in [0.25, 0.3) is 0 Å². The van der Waals surface area contributed by atoms with E-state index in [4.69, 9.17) is 10.5 Å². The van der Waals surface area contributed by atoms with Crippen LogP contribution in [0, 0.1) is 0 Å². The Labute approximate surface area is 67.3 Å². The van der Waals surface area contributed by atoms with Crippen LogP contribution in [-0.4, -0.2) is 31.3 Å². The Kier molecular flexibility index (Phi) is 1.87. The molecule has 0 radical (unpaired) electrons. The molecule has 2 aliphatic rings. The normalized spacial score (nSPS) is 36.3. The molecule has 2 rings (SSSR count). The van der Waals surface area contributed by atoms with E-state index >= 15 is 0 Å². The van der Waals surface area contributed by atoms with E-state index in [1.807, 2.05) is 0 Å². The second-order valence-corrected chi connectivity index (χ2v) is 3.71. The molecular weight excluding hydrogens is 140 g/mol. The van der Waals surface area contributed by atoms with E-state index in [0.29, 0.717) is 0 Å². The highest BCUT2D eigenvalue weighted by molar-refractivity contribution is 4.93. The van der Waals surface area contributed by atoms with Crippen LogP contribution in [0.2, 0.25) is 0 Å². The van der Waals surface area contributed by atoms with Gasteiger partial charge in [-0.2, -0.15) is 0 Å². The van der Waals surface area contributed by atoms with Crippen molar-refractivity contribution in [2.75, 3.05) is 19.7 Å². The first-order chi connectivity index (χ1) is 5.31. The third-order valence-corrected chi connectivity index (χ3v) is 2.75. The molecule has 1 spiro atoms. The van der Waals surface area contributed by atoms with E-state index in [0.717, 1.165) is 39.0 Å². The van der Waals surface area contributed by atoms with Crippen LogP contribution >= 0.6 is 0 Å². The van der Waals surface area contributed by atoms with Crippen LogP contribution in [0.1, 0.15) is 19.3 Å². The lowest BCUT2D eigenvalue weighted by Gasteiger charge is -2.32. The molecule has 0 aromatic heterocycles. The summed E-state index contributed by atoms with van der Waals surface area (Å²) < 4.78 is 5.73. The average Bonchev–Trinajstić information content (AvgIpc) is 2.34. The van der Waals surface area contributed by atoms with Gasteiger partial charge in [0.05, 0.1) is 12.2 Å². The molecule has 1 atom stereocenters. The summed E-state index contributed by atoms with van der Waals surface area (Å²) in [7, 11) is 0. The number of hydrogen-bond acceptors (Lipinski definition) is 3. The molecule has 0 aromatic rings. The van der Waals surface area contributed by atoms with E-state index in [1.165, 1.54) is 0 Å². The van der Waals surface area contributed by atoms with Crippen LogP contribution in [0.3, 0.4) is 0 Å². The quantitative estimate of drug-likeness (QED) is 0.513. The minimum Gasteiger partial charge on any atom is -0.373 e. The van der Waals surface area contributed by atoms with Crippen molar-refractivity contribution in [3.05, 3.63) is 0 Å². The molecular formula is C8H16N2O. The van der Waals surface area contributed by atoms with Crippen LogP contribution < -0.4 is 11.1 Å². The molecule has 2 fully saturated rings. The van der Waals surface area contributed by atoms with E-state index < -0.39 is 0 Å². The van der Waals surface area contributed by atoms with Crippen LogP contribution in [-0.2, 0) is 4.74 Å². The number of hydrogen-bond donors (Lipinski definition) is 2. The number of ether oxygens (including phenoxy) is 1. The molecule has 0 unspecified atom stereocenters. The zero-order chi connectivity index (χ0) is 7.73. The molecule has 2 heterocycles. The van der Waals surface area contributed by atoms with Crippen molar-refractivity contribution in [1.82, 2.24) is 5.32 Å². The molecule has 2 aliphatic heterocycles. The van der Waals surface area contributed by atoms with Gasteiger partial charge in [0.2, 0.25) is 0 Å². The molecule has 2 saturated heterocycles. The topological polar surface area (TPSA) is 47.3 Å². The summed E-state index contributed by atoms with van der Waals surface area (Å²) in [5.41, 5.74) is 5.95. The second kappa shape index (κ2) is 2.73. The Morgan fingerprint density at radius 3 is 2.64 bits per heavy atom. The predicted octanol–water partition coefficient (Wildman–Crippen LogP) is -0.144. The maximum atomic E-state index is 5.79. The lowest BCUT2D eigenvalue weighted by Crippen LogP contribution is -2.41. The van der Waals surface area contributed by atoms with Crippen molar-refractivity contribution in [3.8, 4) is 0 Å². The van der Waals surface area contributed by atoms with E-state index in [-0.39, 0.29) is 11.6 Å². The lowest BCUT2D eigenvalue weighted by molar-refractivity contribution is -0.0192. The lowest BCUT2D eigenvalue weighted by atomic mass is 9.88. The first kappa shape index (κ1) is 7.53. The van der Waals surface area contributed by atoms with E-state index in [2.05, 4.69) is 5.32 Å². The molecule has 3 N–H and O–H groups in total. The fourth-order valence-electron chi connectivity index (χ4n) is 2.11. The van der Waals surface area contributed by atoms with Gasteiger partial charge in [0.1, 0.15) is 0 Å². The van der Waals surface area contributed by atoms with Crippen molar-refractivity contribution in [2.24, 2.45) is 5.73 Å². The molecule has 64 valence electrons. The number of nitrogens with two attached hydrogens (primary N) is 1. The highest BCUT2D eigenvalue weighted by atomic mass is 16.5. The van der Waals surface area contributed by atoms with Crippen molar-refractivity contribution in [1.29, 1.82) is 0 Å². The molecule has 3 nitrogen and oxygen atoms in total. The minimum atomic E-state index is 0.157. The van der Waals surface area contributed by atoms with E-state index in [9.17, 15) is 0 Å². The number of nitrogens with one attached hydrogen (secondary N) is 1. The van der Waals surface area contributed by atoms with Gasteiger partial charge >= 0.3 is 0 Å². The van der Waals surface area contributed by atoms with Crippen molar-refractivity contribution in [3.63, 3.8) is 0 Å². The Balaban J connectivity index is 1.98. The molecule has 3 heteroatoms. The second-order valence-electron chi connectivity index (χ2n) is 3.71. The van der Waals surface area contributed by atoms with Gasteiger partial charge in [-0.15, -0.1) is 0 Å². The fraction of sp³-hybridized carbons (Fsp3) is 1.00. The third-order valence-electron chi connectivity index (χ3n) is 2.75. The van der Waals surface area contributed by atoms with Gasteiger partial charge in [0, 0.05) is 6.04 Å². The van der Waals surface area contributed by atoms with Gasteiger partial charge in [0.15, 0.2) is 0 Å². The zero-order valence-corrected chi connectivity index (χ0v) is 6.81. The predicted molar refractivity (Wildman–Crippen MR) is 43.4 cm³/mol. The maximum absolute atomic E-state index is 5.79. The molecule has 0 saturated carbocycles. The summed E-state index contributed by atoms with van der Waals surface area (Å²) in [6.07, 6.45) is 3.34. The summed E-state index contributed by atoms with van der Waals surface area (Å²) in [5.74, 6) is 0. The van der Waals surface area contributed by atoms with Crippen LogP contribution in [0.25, 0.3) is 0 Å². The highest BCUT2D eigenvalue weighted by Crippen LogP contribution is 2.32. The van der Waals surface area contributed by atoms with Gasteiger partial charge in [-0.3, -0.25) is 0 Å². The fourth-order valence-corrected chi connectivity index (χ4v) is 2.11. The average molecular weight is 156 g/mol. The Morgan fingerprint density at radius 1 is 1.36 bits per heavy atom. The van der Waals surface area contributed by atoms with E-state index in [1.54, 1.807) is 0 Å². The first-order valence-corrected chi connectivity index (χ1v) is 4.41. The smallest absolute Gasteiger partial charge is 0.0723 e. The van der Waals surface area contributed by atoms with Gasteiger partial charge < -0.3 is 15.8 Å². The van der Waals surface area contributed by atoms with Crippen LogP contribution in [0.15, 0.2) is 0 Å². The summed E-state index contributed by atoms with van der Waals surface area (Å²) in [6.45, 7) is 2.94. The maximum Gasteiger partial charge on any atom is 0.0723 e. The molecule has 0 amide bonds. The SMILES string of the molecule is N[C@@H]1COC2(CCNCC2)C1. The zero-order valence-electron chi connectivity index (χ0n) is 6.81. The van der Waals surface area contributed by atoms with Gasteiger partial charge in [-0.25, -0.2) is 0 Å². The van der Waals surface area contributed by atoms with Gasteiger partial charge in [-0.1, -0.05) is 0 Å². The summed E-state index contributed by atoms with van der Waals surface area (Å²) in [4.78, 5) is 0. The highest BCUT2D eigenvalue weighted by Gasteiger charge is 2.39. The van der Waals surface area contributed by atoms with Crippen LogP contribution in [0.5, 0.6) is 0 Å². The first-order valence-electron chi connectivity index (χ1n) is 4.41. The molecule has 0 aliphatic carbocycles. The standard InChI is InChI=1S/C8H16N2O/c9-7-5-8(11-6-7)1-3-10-4-2-8/h7,10H,1-6,9H2/t7-/m0/s1.